The van der Waals surface area contributed by atoms with Crippen molar-refractivity contribution in [1.29, 1.82) is 0 Å². The van der Waals surface area contributed by atoms with Crippen molar-refractivity contribution in [2.24, 2.45) is 0 Å². The molecule has 2 aliphatic rings. The lowest BCUT2D eigenvalue weighted by molar-refractivity contribution is 0.00578. The van der Waals surface area contributed by atoms with Crippen LogP contribution >= 0.6 is 0 Å². The Labute approximate surface area is 165 Å². The van der Waals surface area contributed by atoms with Crippen molar-refractivity contribution in [3.05, 3.63) is 29.1 Å². The van der Waals surface area contributed by atoms with E-state index in [2.05, 4.69) is 33.9 Å². The molecule has 0 bridgehead atoms. The molecule has 3 rings (SSSR count). The van der Waals surface area contributed by atoms with E-state index in [1.54, 1.807) is 6.07 Å². The van der Waals surface area contributed by atoms with E-state index < -0.39 is 26.6 Å². The Kier molecular flexibility index (Phi) is 4.99. The average molecular weight is 392 g/mol. The third kappa shape index (κ3) is 3.54. The van der Waals surface area contributed by atoms with Gasteiger partial charge in [0.2, 0.25) is 0 Å². The van der Waals surface area contributed by atoms with Gasteiger partial charge in [-0.1, -0.05) is 26.8 Å². The molecule has 1 heterocycles. The molecule has 150 valence electrons. The van der Waals surface area contributed by atoms with Crippen LogP contribution in [0.3, 0.4) is 0 Å². The molecule has 0 amide bonds. The highest BCUT2D eigenvalue weighted by Crippen LogP contribution is 2.44. The van der Waals surface area contributed by atoms with Gasteiger partial charge in [0.25, 0.3) is 0 Å². The van der Waals surface area contributed by atoms with Crippen LogP contribution in [0, 0.1) is 5.82 Å². The highest BCUT2D eigenvalue weighted by Gasteiger charge is 2.53. The van der Waals surface area contributed by atoms with E-state index in [9.17, 15) is 4.39 Å². The summed E-state index contributed by atoms with van der Waals surface area (Å²) >= 11 is 0. The zero-order valence-corrected chi connectivity index (χ0v) is 19.3. The lowest BCUT2D eigenvalue weighted by atomic mass is 9.75. The monoisotopic (exact) mass is 392 g/mol. The van der Waals surface area contributed by atoms with Gasteiger partial charge in [-0.2, -0.15) is 0 Å². The fourth-order valence-electron chi connectivity index (χ4n) is 3.54. The van der Waals surface area contributed by atoms with Crippen molar-refractivity contribution in [2.45, 2.75) is 96.7 Å². The van der Waals surface area contributed by atoms with Crippen molar-refractivity contribution >= 4 is 20.9 Å². The van der Waals surface area contributed by atoms with Crippen LogP contribution in [0.25, 0.3) is 0 Å². The van der Waals surface area contributed by atoms with Crippen LogP contribution in [0.15, 0.2) is 12.1 Å². The molecular formula is C21H34BFO3Si. The van der Waals surface area contributed by atoms with E-state index in [1.165, 1.54) is 0 Å². The summed E-state index contributed by atoms with van der Waals surface area (Å²) in [6, 6.07) is 3.37. The molecule has 1 aliphatic heterocycles. The van der Waals surface area contributed by atoms with Crippen LogP contribution in [0.5, 0.6) is 0 Å². The molecule has 0 radical (unpaired) electrons. The summed E-state index contributed by atoms with van der Waals surface area (Å²) in [7, 11) is -2.45. The first-order valence-corrected chi connectivity index (χ1v) is 12.9. The van der Waals surface area contributed by atoms with Crippen LogP contribution in [-0.2, 0) is 20.2 Å². The maximum absolute atomic E-state index is 14.8. The van der Waals surface area contributed by atoms with Crippen LogP contribution in [-0.4, -0.2) is 26.6 Å². The minimum atomic E-state index is -1.99. The number of halogens is 1. The van der Waals surface area contributed by atoms with Gasteiger partial charge >= 0.3 is 7.12 Å². The second-order valence-electron chi connectivity index (χ2n) is 10.5. The lowest BCUT2D eigenvalue weighted by Crippen LogP contribution is -2.41. The fourth-order valence-corrected chi connectivity index (χ4v) is 4.84. The quantitative estimate of drug-likeness (QED) is 0.667. The molecule has 0 spiro atoms. The second-order valence-corrected chi connectivity index (χ2v) is 15.3. The molecule has 1 fully saturated rings. The maximum Gasteiger partial charge on any atom is 0.495 e. The zero-order chi connectivity index (χ0) is 20.4. The first-order chi connectivity index (χ1) is 12.2. The molecule has 6 heteroatoms. The number of hydrogen-bond acceptors (Lipinski definition) is 3. The van der Waals surface area contributed by atoms with Crippen LogP contribution in [0.4, 0.5) is 4.39 Å². The summed E-state index contributed by atoms with van der Waals surface area (Å²) in [6.45, 7) is 19.3. The van der Waals surface area contributed by atoms with Crippen molar-refractivity contribution in [1.82, 2.24) is 0 Å². The van der Waals surface area contributed by atoms with E-state index >= 15 is 0 Å². The Hall–Kier alpha value is -0.688. The zero-order valence-electron chi connectivity index (χ0n) is 18.3. The van der Waals surface area contributed by atoms with Gasteiger partial charge in [0.1, 0.15) is 5.82 Å². The third-order valence-electron chi connectivity index (χ3n) is 7.07. The molecule has 1 saturated heterocycles. The van der Waals surface area contributed by atoms with Crippen LogP contribution < -0.4 is 5.46 Å². The summed E-state index contributed by atoms with van der Waals surface area (Å²) in [4.78, 5) is 0. The largest absolute Gasteiger partial charge is 0.495 e. The van der Waals surface area contributed by atoms with Gasteiger partial charge in [0, 0.05) is 5.56 Å². The van der Waals surface area contributed by atoms with E-state index in [1.807, 2.05) is 33.8 Å². The molecule has 3 nitrogen and oxygen atoms in total. The van der Waals surface area contributed by atoms with Gasteiger partial charge in [-0.25, -0.2) is 4.39 Å². The molecule has 27 heavy (non-hydrogen) atoms. The Morgan fingerprint density at radius 1 is 1.11 bits per heavy atom. The SMILES string of the molecule is CC1(C)OB(c2ccc(F)c3c2CC[C@@H]3O[Si](C)(C)C(C)(C)C)OC1(C)C. The Morgan fingerprint density at radius 3 is 2.19 bits per heavy atom. The maximum atomic E-state index is 14.8. The molecular weight excluding hydrogens is 358 g/mol. The third-order valence-corrected chi connectivity index (χ3v) is 11.6. The molecule has 0 N–H and O–H groups in total. The Balaban J connectivity index is 1.94. The number of benzene rings is 1. The van der Waals surface area contributed by atoms with Gasteiger partial charge in [-0.3, -0.25) is 0 Å². The summed E-state index contributed by atoms with van der Waals surface area (Å²) in [5.74, 6) is -0.175. The predicted octanol–water partition coefficient (Wildman–Crippen LogP) is 5.13. The molecule has 1 aromatic rings. The molecule has 0 aromatic heterocycles. The molecule has 1 aromatic carbocycles. The first kappa shape index (κ1) is 21.0. The highest BCUT2D eigenvalue weighted by molar-refractivity contribution is 6.74. The smallest absolute Gasteiger partial charge is 0.410 e. The van der Waals surface area contributed by atoms with E-state index in [4.69, 9.17) is 13.7 Å². The minimum absolute atomic E-state index is 0.0928. The van der Waals surface area contributed by atoms with Crippen molar-refractivity contribution < 1.29 is 18.1 Å². The molecule has 0 saturated carbocycles. The summed E-state index contributed by atoms with van der Waals surface area (Å²) < 4.78 is 33.9. The normalized spacial score (nSPS) is 24.4. The number of fused-ring (bicyclic) bond motifs is 1. The van der Waals surface area contributed by atoms with Gasteiger partial charge in [-0.05, 0) is 75.8 Å². The van der Waals surface area contributed by atoms with Gasteiger partial charge in [0.05, 0.1) is 17.3 Å². The molecule has 1 aliphatic carbocycles. The summed E-state index contributed by atoms with van der Waals surface area (Å²) in [5, 5.41) is 0.0928. The number of rotatable bonds is 3. The van der Waals surface area contributed by atoms with Gasteiger partial charge in [0.15, 0.2) is 8.32 Å². The Morgan fingerprint density at radius 2 is 1.67 bits per heavy atom. The van der Waals surface area contributed by atoms with E-state index in [0.29, 0.717) is 5.56 Å². The minimum Gasteiger partial charge on any atom is -0.410 e. The van der Waals surface area contributed by atoms with E-state index in [0.717, 1.165) is 23.9 Å². The average Bonchev–Trinajstić information content (AvgIpc) is 2.97. The van der Waals surface area contributed by atoms with Crippen LogP contribution in [0.1, 0.15) is 72.1 Å². The second kappa shape index (κ2) is 6.41. The lowest BCUT2D eigenvalue weighted by Gasteiger charge is -2.38. The fraction of sp³-hybridized carbons (Fsp3) is 0.714. The Bertz CT molecular complexity index is 724. The van der Waals surface area contributed by atoms with Crippen molar-refractivity contribution in [2.75, 3.05) is 0 Å². The standard InChI is InChI=1S/C21H34BFO3Si/c1-19(2,3)27(8,9)24-17-13-10-14-15(11-12-16(23)18(14)17)22-25-20(4,5)21(6,7)26-22/h11-12,17H,10,13H2,1-9H3/t17-/m0/s1. The summed E-state index contributed by atoms with van der Waals surface area (Å²) in [5.41, 5.74) is 1.86. The van der Waals surface area contributed by atoms with Gasteiger partial charge in [-0.15, -0.1) is 0 Å². The topological polar surface area (TPSA) is 27.7 Å². The molecule has 1 atom stereocenters. The van der Waals surface area contributed by atoms with E-state index in [-0.39, 0.29) is 17.0 Å². The van der Waals surface area contributed by atoms with Crippen molar-refractivity contribution in [3.63, 3.8) is 0 Å². The highest BCUT2D eigenvalue weighted by atomic mass is 28.4. The van der Waals surface area contributed by atoms with Crippen LogP contribution in [0.2, 0.25) is 18.1 Å². The molecule has 0 unspecified atom stereocenters. The predicted molar refractivity (Wildman–Crippen MR) is 111 cm³/mol. The first-order valence-electron chi connectivity index (χ1n) is 10.0. The number of hydrogen-bond donors (Lipinski definition) is 0. The van der Waals surface area contributed by atoms with Gasteiger partial charge < -0.3 is 13.7 Å². The summed E-state index contributed by atoms with van der Waals surface area (Å²) in [6.07, 6.45) is 1.43. The van der Waals surface area contributed by atoms with Crippen molar-refractivity contribution in [3.8, 4) is 0 Å².